The summed E-state index contributed by atoms with van der Waals surface area (Å²) in [6.45, 7) is 3.18. The van der Waals surface area contributed by atoms with Gasteiger partial charge in [0.2, 0.25) is 11.8 Å². The molecule has 3 unspecified atom stereocenters. The molecule has 0 radical (unpaired) electrons. The van der Waals surface area contributed by atoms with Gasteiger partial charge >= 0.3 is 6.03 Å². The summed E-state index contributed by atoms with van der Waals surface area (Å²) in [5.74, 6) is -0.912. The van der Waals surface area contributed by atoms with Gasteiger partial charge in [-0.1, -0.05) is 67.4 Å². The topological polar surface area (TPSA) is 116 Å². The minimum absolute atomic E-state index is 0.0525. The van der Waals surface area contributed by atoms with Crippen LogP contribution in [0.5, 0.6) is 0 Å². The quantitative estimate of drug-likeness (QED) is 0.470. The zero-order chi connectivity index (χ0) is 26.1. The molecular weight excluding hydrogens is 456 g/mol. The Morgan fingerprint density at radius 2 is 1.72 bits per heavy atom. The fraction of sp³-hybridized carbons (Fsp3) is 0.464. The van der Waals surface area contributed by atoms with Crippen LogP contribution < -0.4 is 11.1 Å². The first-order valence-corrected chi connectivity index (χ1v) is 12.7. The number of primary amides is 1. The van der Waals surface area contributed by atoms with E-state index >= 15 is 0 Å². The van der Waals surface area contributed by atoms with Gasteiger partial charge in [-0.05, 0) is 42.4 Å². The van der Waals surface area contributed by atoms with Crippen LogP contribution in [0.4, 0.5) is 4.79 Å². The van der Waals surface area contributed by atoms with Crippen LogP contribution in [-0.2, 0) is 16.1 Å². The number of nitrogens with one attached hydrogen (secondary N) is 1. The smallest absolute Gasteiger partial charge is 0.320 e. The van der Waals surface area contributed by atoms with E-state index in [2.05, 4.69) is 5.32 Å². The summed E-state index contributed by atoms with van der Waals surface area (Å²) in [4.78, 5) is 41.3. The van der Waals surface area contributed by atoms with Crippen LogP contribution >= 0.6 is 0 Å². The second-order valence-electron chi connectivity index (χ2n) is 9.44. The van der Waals surface area contributed by atoms with Crippen LogP contribution in [0.1, 0.15) is 61.3 Å². The molecule has 0 aliphatic heterocycles. The van der Waals surface area contributed by atoms with Crippen molar-refractivity contribution in [2.75, 3.05) is 26.7 Å². The molecule has 1 saturated carbocycles. The molecule has 8 nitrogen and oxygen atoms in total. The van der Waals surface area contributed by atoms with Crippen molar-refractivity contribution < 1.29 is 19.5 Å². The third-order valence-electron chi connectivity index (χ3n) is 7.00. The lowest BCUT2D eigenvalue weighted by molar-refractivity contribution is -0.131. The first kappa shape index (κ1) is 27.2. The maximum Gasteiger partial charge on any atom is 0.320 e. The molecule has 0 saturated heterocycles. The number of benzene rings is 2. The van der Waals surface area contributed by atoms with Crippen molar-refractivity contribution in [1.29, 1.82) is 0 Å². The average molecular weight is 495 g/mol. The second kappa shape index (κ2) is 13.1. The molecule has 4 amide bonds. The van der Waals surface area contributed by atoms with E-state index in [1.807, 2.05) is 49.4 Å². The van der Waals surface area contributed by atoms with Crippen LogP contribution in [0.15, 0.2) is 54.6 Å². The van der Waals surface area contributed by atoms with E-state index in [1.54, 1.807) is 24.1 Å². The highest BCUT2D eigenvalue weighted by atomic mass is 16.3. The Balaban J connectivity index is 1.71. The predicted molar refractivity (Wildman–Crippen MR) is 139 cm³/mol. The molecule has 8 heteroatoms. The van der Waals surface area contributed by atoms with Crippen molar-refractivity contribution in [1.82, 2.24) is 15.1 Å². The molecule has 1 aliphatic carbocycles. The zero-order valence-electron chi connectivity index (χ0n) is 21.2. The molecular formula is C28H38N4O4. The molecule has 0 bridgehead atoms. The number of hydrogen-bond acceptors (Lipinski definition) is 4. The maximum absolute atomic E-state index is 13.3. The highest BCUT2D eigenvalue weighted by Gasteiger charge is 2.34. The largest absolute Gasteiger partial charge is 0.395 e. The molecule has 2 aromatic carbocycles. The number of urea groups is 1. The third kappa shape index (κ3) is 6.85. The zero-order valence-corrected chi connectivity index (χ0v) is 21.2. The monoisotopic (exact) mass is 494 g/mol. The SMILES string of the molecule is CCN(Cc1ccc(C2CCCCC2C(=O)NC(C(N)=O)c2ccccc2)cc1)C(=O)N(C)CCO. The summed E-state index contributed by atoms with van der Waals surface area (Å²) in [7, 11) is 1.68. The summed E-state index contributed by atoms with van der Waals surface area (Å²) < 4.78 is 0. The van der Waals surface area contributed by atoms with Gasteiger partial charge in [0.05, 0.1) is 6.61 Å². The van der Waals surface area contributed by atoms with Crippen molar-refractivity contribution in [2.24, 2.45) is 11.7 Å². The minimum Gasteiger partial charge on any atom is -0.395 e. The van der Waals surface area contributed by atoms with Gasteiger partial charge < -0.3 is 26.0 Å². The Kier molecular flexibility index (Phi) is 9.87. The Labute approximate surface area is 213 Å². The summed E-state index contributed by atoms with van der Waals surface area (Å²) in [5, 5.41) is 12.0. The fourth-order valence-corrected chi connectivity index (χ4v) is 4.95. The molecule has 1 fully saturated rings. The summed E-state index contributed by atoms with van der Waals surface area (Å²) in [6, 6.07) is 16.2. The Morgan fingerprint density at radius 1 is 1.06 bits per heavy atom. The molecule has 1 aliphatic rings. The van der Waals surface area contributed by atoms with Crippen LogP contribution in [0, 0.1) is 5.92 Å². The third-order valence-corrected chi connectivity index (χ3v) is 7.00. The summed E-state index contributed by atoms with van der Waals surface area (Å²) >= 11 is 0. The molecule has 4 N–H and O–H groups in total. The number of amides is 4. The number of nitrogens with zero attached hydrogens (tertiary/aromatic N) is 2. The van der Waals surface area contributed by atoms with Gasteiger partial charge in [0, 0.05) is 32.6 Å². The van der Waals surface area contributed by atoms with E-state index in [1.165, 1.54) is 4.90 Å². The highest BCUT2D eigenvalue weighted by molar-refractivity contribution is 5.89. The molecule has 194 valence electrons. The number of carbonyl (C=O) groups excluding carboxylic acids is 3. The van der Waals surface area contributed by atoms with Crippen molar-refractivity contribution in [2.45, 2.75) is 51.1 Å². The van der Waals surface area contributed by atoms with E-state index in [4.69, 9.17) is 10.8 Å². The highest BCUT2D eigenvalue weighted by Crippen LogP contribution is 2.38. The van der Waals surface area contributed by atoms with Crippen LogP contribution in [0.3, 0.4) is 0 Å². The van der Waals surface area contributed by atoms with Crippen molar-refractivity contribution >= 4 is 17.8 Å². The average Bonchev–Trinajstić information content (AvgIpc) is 2.90. The number of likely N-dealkylation sites (N-methyl/N-ethyl adjacent to an activating group) is 1. The van der Waals surface area contributed by atoms with E-state index in [0.717, 1.165) is 36.8 Å². The van der Waals surface area contributed by atoms with Gasteiger partial charge in [0.15, 0.2) is 0 Å². The molecule has 0 spiro atoms. The maximum atomic E-state index is 13.3. The number of rotatable bonds is 10. The van der Waals surface area contributed by atoms with Gasteiger partial charge in [-0.2, -0.15) is 0 Å². The lowest BCUT2D eigenvalue weighted by Crippen LogP contribution is -2.42. The lowest BCUT2D eigenvalue weighted by atomic mass is 9.74. The molecule has 3 rings (SSSR count). The number of aliphatic hydroxyl groups excluding tert-OH is 1. The van der Waals surface area contributed by atoms with Crippen molar-refractivity contribution in [3.63, 3.8) is 0 Å². The minimum atomic E-state index is -0.856. The Bertz CT molecular complexity index is 1010. The van der Waals surface area contributed by atoms with E-state index < -0.39 is 11.9 Å². The van der Waals surface area contributed by atoms with Gasteiger partial charge in [-0.15, -0.1) is 0 Å². The fourth-order valence-electron chi connectivity index (χ4n) is 4.95. The summed E-state index contributed by atoms with van der Waals surface area (Å²) in [5.41, 5.74) is 8.38. The van der Waals surface area contributed by atoms with Gasteiger partial charge in [-0.25, -0.2) is 4.79 Å². The number of hydrogen-bond donors (Lipinski definition) is 3. The lowest BCUT2D eigenvalue weighted by Gasteiger charge is -2.32. The molecule has 2 aromatic rings. The number of carbonyl (C=O) groups is 3. The normalized spacial score (nSPS) is 18.2. The molecule has 0 aromatic heterocycles. The van der Waals surface area contributed by atoms with E-state index in [9.17, 15) is 14.4 Å². The molecule has 36 heavy (non-hydrogen) atoms. The first-order chi connectivity index (χ1) is 17.3. The standard InChI is InChI=1S/C28H38N4O4/c1-3-32(28(36)31(2)17-18-33)19-20-13-15-21(16-14-20)23-11-7-8-12-24(23)27(35)30-25(26(29)34)22-9-5-4-6-10-22/h4-6,9-10,13-16,23-25,33H,3,7-8,11-12,17-19H2,1-2H3,(H2,29,34)(H,30,35). The van der Waals surface area contributed by atoms with Crippen LogP contribution in [-0.4, -0.2) is 59.5 Å². The van der Waals surface area contributed by atoms with Gasteiger partial charge in [0.25, 0.3) is 0 Å². The van der Waals surface area contributed by atoms with Gasteiger partial charge in [-0.3, -0.25) is 9.59 Å². The first-order valence-electron chi connectivity index (χ1n) is 12.7. The Morgan fingerprint density at radius 3 is 2.33 bits per heavy atom. The van der Waals surface area contributed by atoms with E-state index in [0.29, 0.717) is 25.2 Å². The predicted octanol–water partition coefficient (Wildman–Crippen LogP) is 3.17. The van der Waals surface area contributed by atoms with E-state index in [-0.39, 0.29) is 30.4 Å². The van der Waals surface area contributed by atoms with Crippen LogP contribution in [0.25, 0.3) is 0 Å². The van der Waals surface area contributed by atoms with Crippen LogP contribution in [0.2, 0.25) is 0 Å². The molecule has 3 atom stereocenters. The van der Waals surface area contributed by atoms with Crippen molar-refractivity contribution in [3.05, 3.63) is 71.3 Å². The van der Waals surface area contributed by atoms with Crippen molar-refractivity contribution in [3.8, 4) is 0 Å². The van der Waals surface area contributed by atoms with Gasteiger partial charge in [0.1, 0.15) is 6.04 Å². The molecule has 0 heterocycles. The Hall–Kier alpha value is -3.39. The summed E-state index contributed by atoms with van der Waals surface area (Å²) in [6.07, 6.45) is 3.67. The second-order valence-corrected chi connectivity index (χ2v) is 9.44. The number of aliphatic hydroxyl groups is 1. The number of nitrogens with two attached hydrogens (primary N) is 1.